The summed E-state index contributed by atoms with van der Waals surface area (Å²) >= 11 is 0. The van der Waals surface area contributed by atoms with Gasteiger partial charge in [0.15, 0.2) is 17.4 Å². The molecule has 11 heteroatoms. The number of carbonyl (C=O) groups excluding carboxylic acids is 1. The summed E-state index contributed by atoms with van der Waals surface area (Å²) in [6, 6.07) is 6.87. The highest BCUT2D eigenvalue weighted by Crippen LogP contribution is 2.43. The second-order valence-corrected chi connectivity index (χ2v) is 11.6. The molecule has 0 bridgehead atoms. The molecular weight excluding hydrogens is 528 g/mol. The fourth-order valence-electron chi connectivity index (χ4n) is 5.42. The summed E-state index contributed by atoms with van der Waals surface area (Å²) < 4.78 is 36.3. The first kappa shape index (κ1) is 28.7. The van der Waals surface area contributed by atoms with Gasteiger partial charge in [-0.3, -0.25) is 9.69 Å². The molecule has 5 rings (SSSR count). The minimum absolute atomic E-state index is 0.0193. The second-order valence-electron chi connectivity index (χ2n) is 11.6. The summed E-state index contributed by atoms with van der Waals surface area (Å²) in [7, 11) is 0. The Bertz CT molecular complexity index is 1410. The van der Waals surface area contributed by atoms with E-state index in [2.05, 4.69) is 43.9 Å². The number of carbonyl (C=O) groups is 1. The topological polar surface area (TPSA) is 110 Å². The third-order valence-corrected chi connectivity index (χ3v) is 7.86. The normalized spacial score (nSPS) is 18.0. The second kappa shape index (κ2) is 11.6. The number of halogens is 2. The fourth-order valence-corrected chi connectivity index (χ4v) is 5.42. The molecule has 3 aromatic rings. The number of fused-ring (bicyclic) bond motifs is 1. The number of amides is 1. The summed E-state index contributed by atoms with van der Waals surface area (Å²) in [6.45, 7) is 10.9. The highest BCUT2D eigenvalue weighted by Gasteiger charge is 2.36. The maximum atomic E-state index is 15.4. The van der Waals surface area contributed by atoms with E-state index >= 15 is 4.39 Å². The number of rotatable bonds is 8. The zero-order chi connectivity index (χ0) is 29.3. The van der Waals surface area contributed by atoms with Gasteiger partial charge in [-0.1, -0.05) is 13.0 Å². The average Bonchev–Trinajstić information content (AvgIpc) is 2.94. The van der Waals surface area contributed by atoms with Gasteiger partial charge < -0.3 is 20.7 Å². The van der Waals surface area contributed by atoms with Crippen molar-refractivity contribution < 1.29 is 18.3 Å². The van der Waals surface area contributed by atoms with Crippen molar-refractivity contribution in [1.82, 2.24) is 19.9 Å². The summed E-state index contributed by atoms with van der Waals surface area (Å²) in [5.74, 6) is -0.699. The number of nitrogens with two attached hydrogens (primary N) is 1. The third-order valence-electron chi connectivity index (χ3n) is 7.86. The van der Waals surface area contributed by atoms with Crippen molar-refractivity contribution in [3.63, 3.8) is 0 Å². The molecule has 2 aromatic heterocycles. The lowest BCUT2D eigenvalue weighted by atomic mass is 9.96. The predicted octanol–water partition coefficient (Wildman–Crippen LogP) is 5.03. The van der Waals surface area contributed by atoms with Gasteiger partial charge in [-0.25, -0.2) is 23.7 Å². The molecule has 1 amide bonds. The molecule has 0 radical (unpaired) electrons. The molecule has 218 valence electrons. The number of piperidine rings is 1. The van der Waals surface area contributed by atoms with Crippen LogP contribution in [0.2, 0.25) is 0 Å². The average molecular weight is 566 g/mol. The lowest BCUT2D eigenvalue weighted by molar-refractivity contribution is -0.123. The number of nitrogens with zero attached hydrogens (tertiary/aromatic N) is 5. The van der Waals surface area contributed by atoms with Gasteiger partial charge in [0.1, 0.15) is 17.1 Å². The highest BCUT2D eigenvalue weighted by molar-refractivity contribution is 5.76. The number of hydrogen-bond donors (Lipinski definition) is 2. The van der Waals surface area contributed by atoms with Crippen molar-refractivity contribution in [2.24, 2.45) is 11.7 Å². The Morgan fingerprint density at radius 3 is 2.59 bits per heavy atom. The molecule has 0 saturated carbocycles. The summed E-state index contributed by atoms with van der Waals surface area (Å²) in [5, 5.41) is 3.02. The molecule has 0 spiro atoms. The van der Waals surface area contributed by atoms with E-state index in [1.807, 2.05) is 19.9 Å². The molecule has 2 aliphatic heterocycles. The van der Waals surface area contributed by atoms with Crippen LogP contribution in [-0.2, 0) is 11.3 Å². The fraction of sp³-hybridized carbons (Fsp3) is 0.467. The van der Waals surface area contributed by atoms with E-state index in [1.165, 1.54) is 6.07 Å². The molecule has 1 aromatic carbocycles. The van der Waals surface area contributed by atoms with Gasteiger partial charge in [0.05, 0.1) is 18.4 Å². The van der Waals surface area contributed by atoms with Gasteiger partial charge in [-0.2, -0.15) is 0 Å². The molecule has 41 heavy (non-hydrogen) atoms. The summed E-state index contributed by atoms with van der Waals surface area (Å²) in [6.07, 6.45) is 5.22. The van der Waals surface area contributed by atoms with E-state index in [1.54, 1.807) is 18.3 Å². The molecule has 1 saturated heterocycles. The minimum atomic E-state index is -0.662. The zero-order valence-electron chi connectivity index (χ0n) is 24.0. The number of benzene rings is 1. The van der Waals surface area contributed by atoms with Crippen molar-refractivity contribution in [2.75, 3.05) is 29.9 Å². The van der Waals surface area contributed by atoms with Crippen LogP contribution in [0.25, 0.3) is 11.3 Å². The number of nitrogens with one attached hydrogen (secondary N) is 1. The van der Waals surface area contributed by atoms with Crippen LogP contribution in [0.1, 0.15) is 52.5 Å². The molecular formula is C30H37F2N7O2. The Hall–Kier alpha value is -3.86. The monoisotopic (exact) mass is 565 g/mol. The van der Waals surface area contributed by atoms with E-state index in [0.29, 0.717) is 30.2 Å². The Morgan fingerprint density at radius 2 is 1.93 bits per heavy atom. The van der Waals surface area contributed by atoms with Gasteiger partial charge in [0, 0.05) is 30.3 Å². The van der Waals surface area contributed by atoms with Crippen LogP contribution in [0.5, 0.6) is 5.75 Å². The molecule has 0 aliphatic carbocycles. The Kier molecular flexibility index (Phi) is 8.08. The summed E-state index contributed by atoms with van der Waals surface area (Å²) in [5.41, 5.74) is 6.74. The molecule has 3 N–H and O–H groups in total. The van der Waals surface area contributed by atoms with Crippen LogP contribution in [0.4, 0.5) is 26.2 Å². The Balaban J connectivity index is 1.33. The van der Waals surface area contributed by atoms with Gasteiger partial charge >= 0.3 is 0 Å². The van der Waals surface area contributed by atoms with E-state index in [0.717, 1.165) is 44.1 Å². The van der Waals surface area contributed by atoms with Crippen LogP contribution >= 0.6 is 0 Å². The first-order valence-corrected chi connectivity index (χ1v) is 14.1. The highest BCUT2D eigenvalue weighted by atomic mass is 19.1. The first-order valence-electron chi connectivity index (χ1n) is 14.1. The van der Waals surface area contributed by atoms with Crippen LogP contribution in [0, 0.1) is 17.6 Å². The first-order chi connectivity index (χ1) is 19.5. The van der Waals surface area contributed by atoms with Crippen molar-refractivity contribution in [1.29, 1.82) is 0 Å². The lowest BCUT2D eigenvalue weighted by Gasteiger charge is -2.44. The Labute approximate surface area is 239 Å². The van der Waals surface area contributed by atoms with Crippen LogP contribution in [0.3, 0.4) is 0 Å². The molecule has 4 heterocycles. The number of anilines is 3. The maximum absolute atomic E-state index is 15.4. The molecule has 9 nitrogen and oxygen atoms in total. The van der Waals surface area contributed by atoms with E-state index in [-0.39, 0.29) is 35.3 Å². The SMILES string of the molecule is CCC(C)N1CC(C)(C)Oc2c(F)cc(-c3nc(Nc4ccc(CN5CCC(C(N)=O)CC5)cn4)ncc3F)cc21. The van der Waals surface area contributed by atoms with Crippen LogP contribution < -0.4 is 20.7 Å². The molecule has 1 unspecified atom stereocenters. The van der Waals surface area contributed by atoms with Gasteiger partial charge in [-0.05, 0) is 76.9 Å². The number of ether oxygens (including phenoxy) is 1. The standard InChI is InChI=1S/C30H37F2N7O2/c1-5-18(2)39-17-30(3,4)41-27-22(31)12-21(13-24(27)39)26-23(32)15-35-29(37-26)36-25-7-6-19(14-34-25)16-38-10-8-20(9-11-38)28(33)40/h6-7,12-15,18,20H,5,8-11,16-17H2,1-4H3,(H2,33,40)(H,34,35,36,37). The number of likely N-dealkylation sites (tertiary alicyclic amines) is 1. The van der Waals surface area contributed by atoms with Crippen molar-refractivity contribution in [2.45, 2.75) is 65.1 Å². The van der Waals surface area contributed by atoms with Crippen molar-refractivity contribution in [3.8, 4) is 17.0 Å². The largest absolute Gasteiger partial charge is 0.481 e. The third kappa shape index (κ3) is 6.40. The van der Waals surface area contributed by atoms with E-state index in [4.69, 9.17) is 10.5 Å². The van der Waals surface area contributed by atoms with Crippen molar-refractivity contribution in [3.05, 3.63) is 53.9 Å². The predicted molar refractivity (Wildman–Crippen MR) is 154 cm³/mol. The van der Waals surface area contributed by atoms with Gasteiger partial charge in [-0.15, -0.1) is 0 Å². The van der Waals surface area contributed by atoms with E-state index < -0.39 is 17.2 Å². The summed E-state index contributed by atoms with van der Waals surface area (Å²) in [4.78, 5) is 28.7. The number of hydrogen-bond acceptors (Lipinski definition) is 8. The Morgan fingerprint density at radius 1 is 1.17 bits per heavy atom. The van der Waals surface area contributed by atoms with Gasteiger partial charge in [0.2, 0.25) is 11.9 Å². The smallest absolute Gasteiger partial charge is 0.229 e. The number of primary amides is 1. The molecule has 1 fully saturated rings. The lowest BCUT2D eigenvalue weighted by Crippen LogP contribution is -2.50. The quantitative estimate of drug-likeness (QED) is 0.391. The van der Waals surface area contributed by atoms with Crippen LogP contribution in [-0.4, -0.2) is 57.0 Å². The van der Waals surface area contributed by atoms with Crippen LogP contribution in [0.15, 0.2) is 36.7 Å². The number of aromatic nitrogens is 3. The zero-order valence-corrected chi connectivity index (χ0v) is 24.0. The molecule has 2 aliphatic rings. The van der Waals surface area contributed by atoms with Gasteiger partial charge in [0.25, 0.3) is 0 Å². The van der Waals surface area contributed by atoms with Crippen molar-refractivity contribution >= 4 is 23.4 Å². The number of pyridine rings is 1. The maximum Gasteiger partial charge on any atom is 0.229 e. The molecule has 1 atom stereocenters. The van der Waals surface area contributed by atoms with E-state index in [9.17, 15) is 9.18 Å². The minimum Gasteiger partial charge on any atom is -0.481 e.